The number of aliphatic hydroxyl groups excluding tert-OH is 2. The summed E-state index contributed by atoms with van der Waals surface area (Å²) < 4.78 is 56.2. The van der Waals surface area contributed by atoms with Crippen molar-refractivity contribution in [2.24, 2.45) is 22.9 Å². The Morgan fingerprint density at radius 1 is 0.971 bits per heavy atom. The highest BCUT2D eigenvalue weighted by Crippen LogP contribution is 2.62. The SMILES string of the molecule is C=CCO[C@@]12Oc3ccc(OCc4ccccc4F)cc3[C@H]3[C@H](CCCCO)[C@@H](CCCCO)C=C(C(=NOC4CCCCO4)C[C@@H]1N(Cc1ccc(F)cc1)C(=O)C=Cc1ccc([N+](=O)[O-])cc1)[C@H]32. The van der Waals surface area contributed by atoms with Crippen LogP contribution >= 0.6 is 0 Å². The van der Waals surface area contributed by atoms with Crippen molar-refractivity contribution >= 4 is 23.4 Å². The molecule has 15 heteroatoms. The van der Waals surface area contributed by atoms with E-state index in [1.165, 1.54) is 36.4 Å². The van der Waals surface area contributed by atoms with Gasteiger partial charge in [0, 0.05) is 67.9 Å². The highest BCUT2D eigenvalue weighted by atomic mass is 19.1. The van der Waals surface area contributed by atoms with Gasteiger partial charge in [-0.2, -0.15) is 0 Å². The van der Waals surface area contributed by atoms with Gasteiger partial charge < -0.3 is 38.9 Å². The number of nitrogens with zero attached hydrogens (tertiary/aromatic N) is 3. The third-order valence-electron chi connectivity index (χ3n) is 13.9. The quantitative estimate of drug-likeness (QED) is 0.0255. The lowest BCUT2D eigenvalue weighted by Crippen LogP contribution is -2.70. The van der Waals surface area contributed by atoms with Crippen molar-refractivity contribution in [1.82, 2.24) is 4.90 Å². The normalized spacial score (nSPS) is 24.2. The maximum atomic E-state index is 15.2. The number of fused-ring (bicyclic) bond motifs is 2. The summed E-state index contributed by atoms with van der Waals surface area (Å²) >= 11 is 0. The van der Waals surface area contributed by atoms with E-state index in [1.54, 1.807) is 65.6 Å². The van der Waals surface area contributed by atoms with Gasteiger partial charge in [0.2, 0.25) is 18.0 Å². The number of oxime groups is 1. The largest absolute Gasteiger partial charge is 0.489 e. The summed E-state index contributed by atoms with van der Waals surface area (Å²) in [6.45, 7) is 4.61. The van der Waals surface area contributed by atoms with Crippen LogP contribution in [0, 0.1) is 39.5 Å². The van der Waals surface area contributed by atoms with Crippen molar-refractivity contribution in [1.29, 1.82) is 0 Å². The maximum absolute atomic E-state index is 15.2. The van der Waals surface area contributed by atoms with E-state index in [1.807, 2.05) is 12.1 Å². The van der Waals surface area contributed by atoms with Crippen LogP contribution in [0.5, 0.6) is 11.5 Å². The van der Waals surface area contributed by atoms with Crippen molar-refractivity contribution in [3.63, 3.8) is 0 Å². The topological polar surface area (TPSA) is 162 Å². The van der Waals surface area contributed by atoms with Crippen LogP contribution in [0.25, 0.3) is 6.08 Å². The van der Waals surface area contributed by atoms with E-state index in [0.29, 0.717) is 72.6 Å². The first-order chi connectivity index (χ1) is 34.1. The molecular weight excluding hydrogens is 901 g/mol. The first-order valence-electron chi connectivity index (χ1n) is 24.3. The summed E-state index contributed by atoms with van der Waals surface area (Å²) in [5.41, 5.74) is 3.71. The lowest BCUT2D eigenvalue weighted by Gasteiger charge is -2.60. The molecule has 2 heterocycles. The molecule has 8 rings (SSSR count). The number of rotatable bonds is 22. The van der Waals surface area contributed by atoms with Gasteiger partial charge in [0.05, 0.1) is 29.8 Å². The van der Waals surface area contributed by atoms with Gasteiger partial charge in [-0.15, -0.1) is 6.58 Å². The number of nitro benzene ring substituents is 1. The maximum Gasteiger partial charge on any atom is 0.269 e. The molecule has 370 valence electrons. The average Bonchev–Trinajstić information content (AvgIpc) is 3.37. The predicted molar refractivity (Wildman–Crippen MR) is 259 cm³/mol. The molecular formula is C55H61F2N3O10. The Labute approximate surface area is 407 Å². The number of allylic oxidation sites excluding steroid dienone is 1. The molecule has 1 saturated heterocycles. The van der Waals surface area contributed by atoms with Crippen LogP contribution in [0.4, 0.5) is 14.5 Å². The van der Waals surface area contributed by atoms with E-state index >= 15 is 4.79 Å². The molecule has 0 spiro atoms. The highest BCUT2D eigenvalue weighted by Gasteiger charge is 2.65. The first-order valence-corrected chi connectivity index (χ1v) is 24.3. The molecule has 4 aliphatic rings. The Balaban J connectivity index is 1.32. The Bertz CT molecular complexity index is 2530. The van der Waals surface area contributed by atoms with E-state index in [2.05, 4.69) is 12.7 Å². The lowest BCUT2D eigenvalue weighted by atomic mass is 9.55. The van der Waals surface area contributed by atoms with Gasteiger partial charge in [0.25, 0.3) is 5.69 Å². The van der Waals surface area contributed by atoms with Crippen LogP contribution in [-0.4, -0.2) is 76.2 Å². The van der Waals surface area contributed by atoms with Gasteiger partial charge in [0.15, 0.2) is 0 Å². The summed E-state index contributed by atoms with van der Waals surface area (Å²) in [5, 5.41) is 36.4. The van der Waals surface area contributed by atoms with Crippen molar-refractivity contribution in [3.05, 3.63) is 165 Å². The van der Waals surface area contributed by atoms with Crippen molar-refractivity contribution in [3.8, 4) is 11.5 Å². The number of amides is 1. The Morgan fingerprint density at radius 3 is 2.46 bits per heavy atom. The zero-order chi connectivity index (χ0) is 49.0. The van der Waals surface area contributed by atoms with Crippen LogP contribution in [-0.2, 0) is 32.3 Å². The fourth-order valence-corrected chi connectivity index (χ4v) is 10.5. The molecule has 2 aliphatic carbocycles. The summed E-state index contributed by atoms with van der Waals surface area (Å²) in [4.78, 5) is 34.1. The number of non-ortho nitro benzene ring substituents is 1. The Morgan fingerprint density at radius 2 is 1.74 bits per heavy atom. The highest BCUT2D eigenvalue weighted by molar-refractivity contribution is 6.03. The zero-order valence-corrected chi connectivity index (χ0v) is 39.2. The van der Waals surface area contributed by atoms with Crippen molar-refractivity contribution < 1.29 is 52.5 Å². The number of carbonyl (C=O) groups is 1. The van der Waals surface area contributed by atoms with Gasteiger partial charge in [-0.1, -0.05) is 60.5 Å². The fourth-order valence-electron chi connectivity index (χ4n) is 10.5. The molecule has 13 nitrogen and oxygen atoms in total. The molecule has 1 amide bonds. The predicted octanol–water partition coefficient (Wildman–Crippen LogP) is 10.4. The average molecular weight is 962 g/mol. The van der Waals surface area contributed by atoms with E-state index in [4.69, 9.17) is 28.9 Å². The number of carbonyl (C=O) groups excluding carboxylic acids is 1. The van der Waals surface area contributed by atoms with Gasteiger partial charge in [-0.3, -0.25) is 14.9 Å². The summed E-state index contributed by atoms with van der Waals surface area (Å²) in [5.74, 6) is -3.03. The van der Waals surface area contributed by atoms with Gasteiger partial charge >= 0.3 is 0 Å². The number of aliphatic hydroxyl groups is 2. The minimum atomic E-state index is -1.62. The second-order valence-corrected chi connectivity index (χ2v) is 18.3. The molecule has 1 unspecified atom stereocenters. The Hall–Kier alpha value is -6.26. The van der Waals surface area contributed by atoms with E-state index in [9.17, 15) is 29.1 Å². The van der Waals surface area contributed by atoms with Crippen LogP contribution in [0.2, 0.25) is 0 Å². The van der Waals surface area contributed by atoms with Crippen molar-refractivity contribution in [2.45, 2.75) is 101 Å². The molecule has 2 N–H and O–H groups in total. The minimum absolute atomic E-state index is 0.00730. The van der Waals surface area contributed by atoms with Crippen LogP contribution < -0.4 is 9.47 Å². The van der Waals surface area contributed by atoms with Crippen LogP contribution in [0.3, 0.4) is 0 Å². The standard InChI is InChI=1S/C55H61F2N3O10/c1-2-30-68-55-50(59(35-38-16-21-41(56)22-17-38)51(63)27-20-37-18-23-42(24-19-37)60(64)65)34-48(58-70-52-15-7-10-31-66-52)45-32-39(11-5-8-28-61)44(13-6-9-29-62)53(54(45)55)46-33-43(25-26-49(46)69-55)67-36-40-12-3-4-14-47(40)57/h2-4,12,14,16-27,32-33,39,44,50,52-54,61-62H,1,5-11,13,15,28-31,34-36H2/t39-,44+,50-,52?,53+,54+,55+/m0/s1. The molecule has 4 aromatic rings. The van der Waals surface area contributed by atoms with Gasteiger partial charge in [-0.25, -0.2) is 8.78 Å². The van der Waals surface area contributed by atoms with Crippen LogP contribution in [0.15, 0.2) is 127 Å². The number of nitro groups is 1. The van der Waals surface area contributed by atoms with Gasteiger partial charge in [-0.05, 0) is 122 Å². The number of benzene rings is 4. The number of hydrogen-bond donors (Lipinski definition) is 2. The molecule has 0 radical (unpaired) electrons. The third-order valence-corrected chi connectivity index (χ3v) is 13.9. The number of ether oxygens (including phenoxy) is 4. The molecule has 0 bridgehead atoms. The number of hydrogen-bond acceptors (Lipinski definition) is 11. The molecule has 4 aromatic carbocycles. The number of halogens is 2. The number of unbranched alkanes of at least 4 members (excludes halogenated alkanes) is 2. The molecule has 2 fully saturated rings. The third kappa shape index (κ3) is 11.5. The molecule has 0 aromatic heterocycles. The van der Waals surface area contributed by atoms with Crippen molar-refractivity contribution in [2.75, 3.05) is 26.4 Å². The van der Waals surface area contributed by atoms with E-state index < -0.39 is 40.7 Å². The van der Waals surface area contributed by atoms with E-state index in [0.717, 1.165) is 36.8 Å². The fraction of sp³-hybridized carbons (Fsp3) is 0.418. The first kappa shape index (κ1) is 50.1. The molecule has 70 heavy (non-hydrogen) atoms. The summed E-state index contributed by atoms with van der Waals surface area (Å²) in [6, 6.07) is 22.9. The monoisotopic (exact) mass is 961 g/mol. The minimum Gasteiger partial charge on any atom is -0.489 e. The zero-order valence-electron chi connectivity index (χ0n) is 39.2. The molecule has 1 saturated carbocycles. The van der Waals surface area contributed by atoms with Crippen LogP contribution in [0.1, 0.15) is 92.4 Å². The van der Waals surface area contributed by atoms with E-state index in [-0.39, 0.29) is 68.7 Å². The lowest BCUT2D eigenvalue weighted by molar-refractivity contribution is -0.384. The summed E-state index contributed by atoms with van der Waals surface area (Å²) in [7, 11) is 0. The molecule has 7 atom stereocenters. The molecule has 2 aliphatic heterocycles. The second-order valence-electron chi connectivity index (χ2n) is 18.3. The Kier molecular flexibility index (Phi) is 16.9. The smallest absolute Gasteiger partial charge is 0.269 e. The summed E-state index contributed by atoms with van der Waals surface area (Å²) in [6.07, 6.45) is 12.9. The van der Waals surface area contributed by atoms with Gasteiger partial charge in [0.1, 0.15) is 35.8 Å². The second kappa shape index (κ2) is 23.6.